The Morgan fingerprint density at radius 1 is 0.442 bits per heavy atom. The molecule has 6 rings (SSSR count). The van der Waals surface area contributed by atoms with E-state index in [1.54, 1.807) is 55.6 Å². The zero-order valence-corrected chi connectivity index (χ0v) is 30.3. The first kappa shape index (κ1) is 44.4. The van der Waals surface area contributed by atoms with Gasteiger partial charge in [-0.15, -0.1) is 69.1 Å². The van der Waals surface area contributed by atoms with Crippen LogP contribution in [0.2, 0.25) is 0 Å². The summed E-state index contributed by atoms with van der Waals surface area (Å²) in [4.78, 5) is 0. The second-order valence-electron chi connectivity index (χ2n) is 11.3. The van der Waals surface area contributed by atoms with Gasteiger partial charge in [0, 0.05) is 0 Å². The third kappa shape index (κ3) is 10.2. The molecule has 0 aromatic heterocycles. The normalized spacial score (nSPS) is 11.9. The van der Waals surface area contributed by atoms with Gasteiger partial charge in [-0.2, -0.15) is 64.8 Å². The number of halogens is 12. The summed E-state index contributed by atoms with van der Waals surface area (Å²) in [6.07, 6.45) is -19.4. The summed E-state index contributed by atoms with van der Waals surface area (Å²) in [5.74, 6) is 0. The Bertz CT molecular complexity index is 1910. The van der Waals surface area contributed by atoms with E-state index < -0.39 is 47.0 Å². The van der Waals surface area contributed by atoms with Crippen molar-refractivity contribution >= 4 is 29.2 Å². The molecule has 6 aromatic rings. The van der Waals surface area contributed by atoms with Gasteiger partial charge >= 0.3 is 51.5 Å². The van der Waals surface area contributed by atoms with Crippen molar-refractivity contribution in [2.24, 2.45) is 0 Å². The number of hydrogen-bond acceptors (Lipinski definition) is 0. The first-order valence-corrected chi connectivity index (χ1v) is 17.1. The zero-order valence-electron chi connectivity index (χ0n) is 27.8. The second-order valence-corrected chi connectivity index (χ2v) is 11.3. The molecule has 0 atom stereocenters. The van der Waals surface area contributed by atoms with Gasteiger partial charge in [-0.05, 0) is 47.5 Å². The van der Waals surface area contributed by atoms with Crippen molar-refractivity contribution in [3.05, 3.63) is 145 Å². The molecule has 0 unspecified atom stereocenters. The van der Waals surface area contributed by atoms with Crippen LogP contribution in [-0.4, -0.2) is 7.63 Å². The van der Waals surface area contributed by atoms with Crippen LogP contribution >= 0.6 is 0 Å². The first-order valence-electron chi connectivity index (χ1n) is 14.3. The molecular weight excluding hydrogens is 760 g/mol. The van der Waals surface area contributed by atoms with Crippen molar-refractivity contribution in [1.82, 2.24) is 0 Å². The van der Waals surface area contributed by atoms with Gasteiger partial charge < -0.3 is 14.9 Å². The number of aryl methyl sites for hydroxylation is 2. The van der Waals surface area contributed by atoms with E-state index in [1.807, 2.05) is 26.0 Å². The van der Waals surface area contributed by atoms with Gasteiger partial charge in [0.05, 0.1) is 22.3 Å². The summed E-state index contributed by atoms with van der Waals surface area (Å²) in [5.41, 5.74) is -2.99. The van der Waals surface area contributed by atoms with Gasteiger partial charge in [0.2, 0.25) is 0 Å². The van der Waals surface area contributed by atoms with Crippen LogP contribution in [-0.2, 0) is 43.9 Å². The van der Waals surface area contributed by atoms with Crippen LogP contribution in [0, 0.1) is 28.7 Å². The Labute approximate surface area is 306 Å². The van der Waals surface area contributed by atoms with Gasteiger partial charge in [-0.25, -0.2) is 0 Å². The number of rotatable bonds is 2. The molecule has 0 nitrogen and oxygen atoms in total. The van der Waals surface area contributed by atoms with Gasteiger partial charge in [-0.3, -0.25) is 0 Å². The standard InChI is InChI=1S/2C18H11F6.2CH3.Si.Ti/c2*1-10-5-11-3-2-4-15(16(11)6-10)12-7-13(17(19,20)21)9-14(8-12)18(22,23)24;;;;/h2*2-9H,1H3;2*1H3;;/q4*-1;;. The summed E-state index contributed by atoms with van der Waals surface area (Å²) in [6.45, 7) is 3.63. The average molecular weight is 789 g/mol. The van der Waals surface area contributed by atoms with Crippen molar-refractivity contribution in [3.8, 4) is 22.3 Å². The summed E-state index contributed by atoms with van der Waals surface area (Å²) in [7, 11) is 2.97. The summed E-state index contributed by atoms with van der Waals surface area (Å²) >= 11 is 1.81. The molecule has 6 aromatic carbocycles. The third-order valence-corrected chi connectivity index (χ3v) is 7.59. The monoisotopic (exact) mass is 788 g/mol. The van der Waals surface area contributed by atoms with E-state index in [4.69, 9.17) is 0 Å². The maximum atomic E-state index is 13.0. The predicted octanol–water partition coefficient (Wildman–Crippen LogP) is 13.7. The number of hydrogen-bond donors (Lipinski definition) is 0. The molecule has 14 heteroatoms. The van der Waals surface area contributed by atoms with E-state index in [2.05, 4.69) is 7.63 Å². The summed E-state index contributed by atoms with van der Waals surface area (Å²) in [6, 6.07) is 20.3. The molecule has 0 aliphatic carbocycles. The fourth-order valence-corrected chi connectivity index (χ4v) is 5.49. The number of fused-ring (bicyclic) bond motifs is 2. The van der Waals surface area contributed by atoms with E-state index in [0.717, 1.165) is 46.2 Å². The Kier molecular flexibility index (Phi) is 14.0. The van der Waals surface area contributed by atoms with E-state index in [9.17, 15) is 52.7 Å². The summed E-state index contributed by atoms with van der Waals surface area (Å²) in [5, 5.41) is 2.80. The molecule has 0 aliphatic heterocycles. The molecule has 0 saturated heterocycles. The van der Waals surface area contributed by atoms with Crippen LogP contribution in [0.4, 0.5) is 52.7 Å². The maximum absolute atomic E-state index is 13.0. The van der Waals surface area contributed by atoms with E-state index in [0.29, 0.717) is 21.9 Å². The van der Waals surface area contributed by atoms with Crippen LogP contribution in [0.5, 0.6) is 0 Å². The molecule has 0 amide bonds. The fourth-order valence-electron chi connectivity index (χ4n) is 5.49. The van der Waals surface area contributed by atoms with E-state index in [1.165, 1.54) is 12.1 Å². The number of alkyl halides is 12. The minimum atomic E-state index is -4.86. The van der Waals surface area contributed by atoms with Crippen LogP contribution in [0.25, 0.3) is 43.8 Å². The molecule has 0 heterocycles. The molecule has 0 N–H and O–H groups in total. The van der Waals surface area contributed by atoms with E-state index >= 15 is 0 Å². The SMILES string of the molecule is Cc1cc2c(-c3cc(C(F)(F)F)cc(C(F)(F)F)c3)cccc2[cH-]1.Cc1cc2c(-c3cc(C(F)(F)F)cc(C(F)(F)F)c3)cccc2[cH-]1.[CH3-].[CH3-].[Si]=[Ti]. The fraction of sp³-hybridized carbons (Fsp3) is 0.158. The second kappa shape index (κ2) is 16.5. The minimum absolute atomic E-state index is 0. The Morgan fingerprint density at radius 3 is 0.962 bits per heavy atom. The molecule has 0 aliphatic rings. The van der Waals surface area contributed by atoms with Gasteiger partial charge in [-0.1, -0.05) is 37.1 Å². The first-order chi connectivity index (χ1) is 23.1. The van der Waals surface area contributed by atoms with Gasteiger partial charge in [0.25, 0.3) is 0 Å². The molecule has 52 heavy (non-hydrogen) atoms. The van der Waals surface area contributed by atoms with Gasteiger partial charge in [0.15, 0.2) is 0 Å². The van der Waals surface area contributed by atoms with Crippen molar-refractivity contribution < 1.29 is 71.9 Å². The Hall–Kier alpha value is -3.81. The molecule has 0 saturated carbocycles. The zero-order chi connectivity index (χ0) is 37.4. The molecule has 0 spiro atoms. The molecule has 0 fully saturated rings. The Balaban J connectivity index is 0.000000332. The van der Waals surface area contributed by atoms with E-state index in [-0.39, 0.29) is 38.1 Å². The van der Waals surface area contributed by atoms with Crippen molar-refractivity contribution in [1.29, 1.82) is 0 Å². The molecular formula is C38H28F12SiTi-4. The molecule has 2 radical (unpaired) electrons. The Morgan fingerprint density at radius 2 is 0.712 bits per heavy atom. The van der Waals surface area contributed by atoms with Crippen molar-refractivity contribution in [2.75, 3.05) is 0 Å². The van der Waals surface area contributed by atoms with Crippen LogP contribution in [0.1, 0.15) is 33.4 Å². The number of benzene rings is 4. The molecule has 0 bridgehead atoms. The topological polar surface area (TPSA) is 0 Å². The third-order valence-electron chi connectivity index (χ3n) is 7.59. The average Bonchev–Trinajstić information content (AvgIpc) is 3.60. The van der Waals surface area contributed by atoms with Crippen LogP contribution < -0.4 is 0 Å². The quantitative estimate of drug-likeness (QED) is 0.0931. The predicted molar refractivity (Wildman–Crippen MR) is 178 cm³/mol. The van der Waals surface area contributed by atoms with Crippen LogP contribution in [0.15, 0.2) is 97.1 Å². The van der Waals surface area contributed by atoms with Gasteiger partial charge in [0.1, 0.15) is 0 Å². The van der Waals surface area contributed by atoms with Crippen LogP contribution in [0.3, 0.4) is 0 Å². The van der Waals surface area contributed by atoms with Crippen molar-refractivity contribution in [3.63, 3.8) is 0 Å². The molecule has 276 valence electrons. The summed E-state index contributed by atoms with van der Waals surface area (Å²) < 4.78 is 156. The van der Waals surface area contributed by atoms with Crippen molar-refractivity contribution in [2.45, 2.75) is 38.6 Å².